The first kappa shape index (κ1) is 32.2. The first-order chi connectivity index (χ1) is 21.0. The van der Waals surface area contributed by atoms with Gasteiger partial charge in [0, 0.05) is 23.4 Å². The smallest absolute Gasteiger partial charge is 0.286 e. The lowest BCUT2D eigenvalue weighted by Gasteiger charge is -2.41. The average molecular weight is 653 g/mol. The van der Waals surface area contributed by atoms with Gasteiger partial charge in [-0.25, -0.2) is 8.42 Å². The van der Waals surface area contributed by atoms with Gasteiger partial charge in [-0.1, -0.05) is 63.2 Å². The fourth-order valence-corrected chi connectivity index (χ4v) is 7.28. The normalized spacial score (nSPS) is 19.2. The molecule has 238 valence electrons. The van der Waals surface area contributed by atoms with E-state index in [4.69, 9.17) is 4.74 Å². The Hall–Kier alpha value is -4.20. The Morgan fingerprint density at radius 3 is 2.42 bits per heavy atom. The number of ketones is 1. The van der Waals surface area contributed by atoms with Gasteiger partial charge in [-0.15, -0.1) is 4.40 Å². The Labute approximate surface area is 263 Å². The zero-order valence-electron chi connectivity index (χ0n) is 25.6. The minimum Gasteiger partial charge on any atom is -0.506 e. The molecule has 1 aliphatic heterocycles. The van der Waals surface area contributed by atoms with Gasteiger partial charge < -0.3 is 15.2 Å². The summed E-state index contributed by atoms with van der Waals surface area (Å²) in [5.74, 6) is -0.640. The number of nitrogens with one attached hydrogen (secondary N) is 3. The second-order valence-corrected chi connectivity index (χ2v) is 15.7. The maximum Gasteiger partial charge on any atom is 0.286 e. The topological polar surface area (TPSA) is 163 Å². The Balaban J connectivity index is 1.65. The van der Waals surface area contributed by atoms with Crippen LogP contribution in [0, 0.1) is 5.41 Å². The SMILES string of the molecule is COc1ccccc1CNC1(CCC(C)(C)C)C(=O)C(C2=NS(=O)(=O)c3cc(NS(C)(=O)=O)ccc3N2)=C(O)c2ccccc21. The van der Waals surface area contributed by atoms with E-state index in [0.717, 1.165) is 17.9 Å². The van der Waals surface area contributed by atoms with E-state index in [-0.39, 0.29) is 39.6 Å². The number of benzene rings is 3. The van der Waals surface area contributed by atoms with Gasteiger partial charge in [0.1, 0.15) is 27.5 Å². The molecule has 1 unspecified atom stereocenters. The van der Waals surface area contributed by atoms with Crippen LogP contribution in [0.2, 0.25) is 0 Å². The monoisotopic (exact) mass is 652 g/mol. The number of sulfonamides is 2. The molecule has 13 heteroatoms. The molecule has 1 aliphatic carbocycles. The molecule has 11 nitrogen and oxygen atoms in total. The summed E-state index contributed by atoms with van der Waals surface area (Å²) in [6.45, 7) is 6.44. The van der Waals surface area contributed by atoms with E-state index in [9.17, 15) is 26.7 Å². The Kier molecular flexibility index (Phi) is 8.32. The Morgan fingerprint density at radius 1 is 1.04 bits per heavy atom. The number of anilines is 2. The summed E-state index contributed by atoms with van der Waals surface area (Å²) < 4.78 is 62.1. The van der Waals surface area contributed by atoms with E-state index < -0.39 is 37.1 Å². The fraction of sp³-hybridized carbons (Fsp3) is 0.312. The molecule has 45 heavy (non-hydrogen) atoms. The zero-order chi connectivity index (χ0) is 32.8. The van der Waals surface area contributed by atoms with Crippen LogP contribution in [0.25, 0.3) is 5.76 Å². The van der Waals surface area contributed by atoms with Crippen molar-refractivity contribution in [3.63, 3.8) is 0 Å². The molecule has 0 saturated heterocycles. The zero-order valence-corrected chi connectivity index (χ0v) is 27.3. The highest BCUT2D eigenvalue weighted by Gasteiger charge is 2.50. The van der Waals surface area contributed by atoms with Crippen molar-refractivity contribution in [1.82, 2.24) is 5.32 Å². The van der Waals surface area contributed by atoms with Crippen molar-refractivity contribution in [2.45, 2.75) is 50.6 Å². The fourth-order valence-electron chi connectivity index (χ4n) is 5.57. The summed E-state index contributed by atoms with van der Waals surface area (Å²) >= 11 is 0. The van der Waals surface area contributed by atoms with Crippen LogP contribution in [0.5, 0.6) is 5.75 Å². The number of ether oxygens (including phenoxy) is 1. The van der Waals surface area contributed by atoms with E-state index >= 15 is 0 Å². The largest absolute Gasteiger partial charge is 0.506 e. The third kappa shape index (κ3) is 6.46. The molecule has 0 saturated carbocycles. The molecule has 3 aromatic carbocycles. The van der Waals surface area contributed by atoms with Crippen LogP contribution in [-0.2, 0) is 36.9 Å². The Bertz CT molecular complexity index is 1960. The molecule has 2 aliphatic rings. The summed E-state index contributed by atoms with van der Waals surface area (Å²) in [6.07, 6.45) is 1.89. The predicted octanol–water partition coefficient (Wildman–Crippen LogP) is 4.94. The number of carbonyl (C=O) groups excluding carboxylic acids is 1. The molecule has 5 rings (SSSR count). The number of Topliss-reactive ketones (excluding diaryl/α,β-unsaturated/α-hetero) is 1. The van der Waals surface area contributed by atoms with Crippen molar-refractivity contribution >= 4 is 48.8 Å². The number of rotatable bonds is 9. The lowest BCUT2D eigenvalue weighted by molar-refractivity contribution is -0.122. The average Bonchev–Trinajstić information content (AvgIpc) is 2.96. The molecule has 1 atom stereocenters. The van der Waals surface area contributed by atoms with Crippen molar-refractivity contribution < 1.29 is 31.5 Å². The molecular formula is C32H36N4O7S2. The van der Waals surface area contributed by atoms with E-state index in [1.807, 2.05) is 24.3 Å². The van der Waals surface area contributed by atoms with Crippen LogP contribution in [0.15, 0.2) is 81.6 Å². The van der Waals surface area contributed by atoms with Crippen LogP contribution in [-0.4, -0.2) is 46.9 Å². The van der Waals surface area contributed by atoms with Gasteiger partial charge >= 0.3 is 0 Å². The molecule has 0 amide bonds. The lowest BCUT2D eigenvalue weighted by Crippen LogP contribution is -2.54. The van der Waals surface area contributed by atoms with Crippen molar-refractivity contribution in [3.05, 3.63) is 89.0 Å². The van der Waals surface area contributed by atoms with Crippen molar-refractivity contribution in [3.8, 4) is 5.75 Å². The van der Waals surface area contributed by atoms with Gasteiger partial charge in [0.2, 0.25) is 10.0 Å². The minimum absolute atomic E-state index is 0.0340. The van der Waals surface area contributed by atoms with Crippen LogP contribution in [0.3, 0.4) is 0 Å². The summed E-state index contributed by atoms with van der Waals surface area (Å²) in [5, 5.41) is 18.0. The van der Waals surface area contributed by atoms with Crippen molar-refractivity contribution in [2.24, 2.45) is 9.81 Å². The van der Waals surface area contributed by atoms with Crippen molar-refractivity contribution in [2.75, 3.05) is 23.4 Å². The first-order valence-electron chi connectivity index (χ1n) is 14.2. The quantitative estimate of drug-likeness (QED) is 0.251. The summed E-state index contributed by atoms with van der Waals surface area (Å²) in [6, 6.07) is 18.3. The maximum absolute atomic E-state index is 14.8. The number of hydrogen-bond donors (Lipinski definition) is 4. The van der Waals surface area contributed by atoms with E-state index in [0.29, 0.717) is 29.7 Å². The van der Waals surface area contributed by atoms with Gasteiger partial charge in [-0.05, 0) is 48.1 Å². The molecule has 0 fully saturated rings. The molecule has 0 bridgehead atoms. The van der Waals surface area contributed by atoms with Gasteiger partial charge in [0.25, 0.3) is 10.0 Å². The van der Waals surface area contributed by atoms with Crippen molar-refractivity contribution in [1.29, 1.82) is 0 Å². The standard InChI is InChI=1S/C32H36N4O7S2/c1-31(2,3)16-17-32(33-19-20-10-6-9-13-25(20)43-4)23-12-8-7-11-22(23)28(37)27(29(32)38)30-34-24-15-14-21(35-44(5,39)40)18-26(24)45(41,42)36-30/h6-15,18,33,35,37H,16-17,19H2,1-5H3,(H,34,36). The highest BCUT2D eigenvalue weighted by atomic mass is 32.2. The van der Waals surface area contributed by atoms with Crippen LogP contribution < -0.4 is 20.1 Å². The van der Waals surface area contributed by atoms with Crippen LogP contribution >= 0.6 is 0 Å². The highest BCUT2D eigenvalue weighted by Crippen LogP contribution is 2.44. The van der Waals surface area contributed by atoms with E-state index in [1.165, 1.54) is 12.1 Å². The predicted molar refractivity (Wildman–Crippen MR) is 174 cm³/mol. The molecule has 3 aromatic rings. The highest BCUT2D eigenvalue weighted by molar-refractivity contribution is 7.92. The molecule has 1 heterocycles. The van der Waals surface area contributed by atoms with E-state index in [1.54, 1.807) is 31.4 Å². The molecule has 0 spiro atoms. The molecule has 0 radical (unpaired) electrons. The summed E-state index contributed by atoms with van der Waals surface area (Å²) in [7, 11) is -6.53. The third-order valence-corrected chi connectivity index (χ3v) is 9.70. The number of amidine groups is 1. The van der Waals surface area contributed by atoms with Crippen LogP contribution in [0.4, 0.5) is 11.4 Å². The Morgan fingerprint density at radius 2 is 1.73 bits per heavy atom. The number of aliphatic hydroxyl groups is 1. The number of hydrogen-bond acceptors (Lipinski definition) is 9. The molecular weight excluding hydrogens is 617 g/mol. The number of aliphatic hydroxyl groups excluding tert-OH is 1. The molecule has 0 aromatic heterocycles. The minimum atomic E-state index is -4.42. The third-order valence-electron chi connectivity index (χ3n) is 7.78. The number of methoxy groups -OCH3 is 1. The van der Waals surface area contributed by atoms with Gasteiger partial charge in [0.15, 0.2) is 11.6 Å². The number of para-hydroxylation sites is 1. The van der Waals surface area contributed by atoms with Gasteiger partial charge in [-0.2, -0.15) is 8.42 Å². The van der Waals surface area contributed by atoms with E-state index in [2.05, 4.69) is 40.5 Å². The van der Waals surface area contributed by atoms with Crippen LogP contribution in [0.1, 0.15) is 50.3 Å². The number of fused-ring (bicyclic) bond motifs is 2. The lowest BCUT2D eigenvalue weighted by atomic mass is 9.69. The first-order valence-corrected chi connectivity index (χ1v) is 17.6. The summed E-state index contributed by atoms with van der Waals surface area (Å²) in [4.78, 5) is 14.6. The second kappa shape index (κ2) is 11.6. The van der Waals surface area contributed by atoms with Gasteiger partial charge in [-0.3, -0.25) is 14.8 Å². The van der Waals surface area contributed by atoms with Gasteiger partial charge in [0.05, 0.1) is 19.1 Å². The second-order valence-electron chi connectivity index (χ2n) is 12.4. The maximum atomic E-state index is 14.8. The number of nitrogens with zero attached hydrogens (tertiary/aromatic N) is 1. The number of carbonyl (C=O) groups is 1. The molecule has 4 N–H and O–H groups in total. The summed E-state index contributed by atoms with van der Waals surface area (Å²) in [5.41, 5.74) is 0.0364.